The highest BCUT2D eigenvalue weighted by atomic mass is 14.3. The van der Waals surface area contributed by atoms with Gasteiger partial charge in [0, 0.05) is 0 Å². The van der Waals surface area contributed by atoms with Gasteiger partial charge in [0.1, 0.15) is 0 Å². The number of rotatable bonds is 7. The maximum absolute atomic E-state index is 9.97. The van der Waals surface area contributed by atoms with Gasteiger partial charge in [-0.25, -0.2) is 0 Å². The first-order valence-corrected chi connectivity index (χ1v) is 17.3. The van der Waals surface area contributed by atoms with E-state index >= 15 is 0 Å². The van der Waals surface area contributed by atoms with Crippen LogP contribution in [0.2, 0.25) is 0 Å². The van der Waals surface area contributed by atoms with Crippen LogP contribution >= 0.6 is 0 Å². The summed E-state index contributed by atoms with van der Waals surface area (Å²) < 4.78 is 0. The summed E-state index contributed by atoms with van der Waals surface area (Å²) in [6.45, 7) is 0. The Hall–Kier alpha value is -7.26. The van der Waals surface area contributed by atoms with Gasteiger partial charge in [0.05, 0.1) is 23.3 Å². The molecule has 0 bridgehead atoms. The second-order valence-corrected chi connectivity index (χ2v) is 12.8. The van der Waals surface area contributed by atoms with E-state index in [0.717, 1.165) is 77.9 Å². The summed E-state index contributed by atoms with van der Waals surface area (Å²) >= 11 is 0. The van der Waals surface area contributed by atoms with Crippen molar-refractivity contribution in [2.24, 2.45) is 0 Å². The van der Waals surface area contributed by atoms with Crippen LogP contribution in [0, 0.1) is 22.7 Å². The first-order valence-electron chi connectivity index (χ1n) is 17.3. The Morgan fingerprint density at radius 3 is 1.08 bits per heavy atom. The van der Waals surface area contributed by atoms with Crippen LogP contribution in [-0.4, -0.2) is 0 Å². The van der Waals surface area contributed by atoms with Crippen LogP contribution in [0.4, 0.5) is 0 Å². The fourth-order valence-corrected chi connectivity index (χ4v) is 6.83. The highest BCUT2D eigenvalue weighted by Gasteiger charge is 2.11. The first kappa shape index (κ1) is 32.0. The highest BCUT2D eigenvalue weighted by molar-refractivity contribution is 5.82. The monoisotopic (exact) mass is 660 g/mol. The molecule has 0 spiro atoms. The van der Waals surface area contributed by atoms with Crippen molar-refractivity contribution < 1.29 is 0 Å². The minimum atomic E-state index is 0.644. The molecule has 0 aromatic heterocycles. The topological polar surface area (TPSA) is 47.6 Å². The molecule has 0 aliphatic rings. The van der Waals surface area contributed by atoms with Crippen molar-refractivity contribution in [3.05, 3.63) is 205 Å². The summed E-state index contributed by atoms with van der Waals surface area (Å²) in [5.74, 6) is 0. The van der Waals surface area contributed by atoms with Gasteiger partial charge < -0.3 is 0 Å². The Morgan fingerprint density at radius 2 is 0.596 bits per heavy atom. The standard InChI is InChI=1S/C50H32N2/c51-33-35-26-47(36-10-3-1-4-11-36)32-48(27-35)45-19-8-15-41(29-45)38-22-20-37(21-23-38)40-14-7-16-42(28-40)43-17-9-18-44(30-43)46-24-25-50(49(31-46)34-52)39-12-5-2-6-13-39/h1-32H. The smallest absolute Gasteiger partial charge is 0.0998 e. The van der Waals surface area contributed by atoms with E-state index < -0.39 is 0 Å². The van der Waals surface area contributed by atoms with Crippen molar-refractivity contribution in [2.45, 2.75) is 0 Å². The summed E-state index contributed by atoms with van der Waals surface area (Å²) in [6.07, 6.45) is 0. The zero-order valence-corrected chi connectivity index (χ0v) is 28.4. The predicted octanol–water partition coefficient (Wildman–Crippen LogP) is 13.1. The van der Waals surface area contributed by atoms with Crippen molar-refractivity contribution in [1.29, 1.82) is 10.5 Å². The van der Waals surface area contributed by atoms with Gasteiger partial charge in [0.15, 0.2) is 0 Å². The third kappa shape index (κ3) is 6.66. The highest BCUT2D eigenvalue weighted by Crippen LogP contribution is 2.35. The molecular weight excluding hydrogens is 629 g/mol. The summed E-state index contributed by atoms with van der Waals surface area (Å²) in [4.78, 5) is 0. The second-order valence-electron chi connectivity index (χ2n) is 12.8. The summed E-state index contributed by atoms with van der Waals surface area (Å²) in [6, 6.07) is 71.6. The molecule has 0 fully saturated rings. The Kier molecular flexibility index (Phi) is 8.80. The van der Waals surface area contributed by atoms with Crippen molar-refractivity contribution >= 4 is 0 Å². The van der Waals surface area contributed by atoms with Gasteiger partial charge in [0.2, 0.25) is 0 Å². The summed E-state index contributed by atoms with van der Waals surface area (Å²) in [7, 11) is 0. The van der Waals surface area contributed by atoms with E-state index in [9.17, 15) is 10.5 Å². The minimum Gasteiger partial charge on any atom is -0.192 e. The molecule has 8 aromatic rings. The molecule has 2 heteroatoms. The molecule has 0 N–H and O–H groups in total. The van der Waals surface area contributed by atoms with E-state index in [-0.39, 0.29) is 0 Å². The van der Waals surface area contributed by atoms with Crippen LogP contribution in [0.3, 0.4) is 0 Å². The molecule has 52 heavy (non-hydrogen) atoms. The molecule has 0 saturated heterocycles. The quantitative estimate of drug-likeness (QED) is 0.171. The van der Waals surface area contributed by atoms with E-state index in [0.29, 0.717) is 11.1 Å². The van der Waals surface area contributed by atoms with Crippen LogP contribution in [-0.2, 0) is 0 Å². The van der Waals surface area contributed by atoms with Gasteiger partial charge in [0.25, 0.3) is 0 Å². The minimum absolute atomic E-state index is 0.644. The molecule has 2 nitrogen and oxygen atoms in total. The van der Waals surface area contributed by atoms with Gasteiger partial charge in [-0.1, -0.05) is 152 Å². The van der Waals surface area contributed by atoms with Gasteiger partial charge in [-0.3, -0.25) is 0 Å². The maximum atomic E-state index is 9.97. The van der Waals surface area contributed by atoms with Crippen LogP contribution in [0.1, 0.15) is 11.1 Å². The SMILES string of the molecule is N#Cc1cc(-c2ccccc2)cc(-c2cccc(-c3ccc(-c4cccc(-c5cccc(-c6ccc(-c7ccccc7)c(C#N)c6)c5)c4)cc3)c2)c1. The number of hydrogen-bond donors (Lipinski definition) is 0. The van der Waals surface area contributed by atoms with E-state index in [1.807, 2.05) is 72.8 Å². The second kappa shape index (κ2) is 14.3. The third-order valence-corrected chi connectivity index (χ3v) is 9.53. The van der Waals surface area contributed by atoms with Crippen molar-refractivity contribution in [1.82, 2.24) is 0 Å². The zero-order chi connectivity index (χ0) is 35.3. The molecule has 0 aliphatic carbocycles. The van der Waals surface area contributed by atoms with Gasteiger partial charge in [-0.15, -0.1) is 0 Å². The molecule has 0 saturated carbocycles. The lowest BCUT2D eigenvalue weighted by molar-refractivity contribution is 1.47. The Bertz CT molecular complexity index is 2620. The predicted molar refractivity (Wildman–Crippen MR) is 214 cm³/mol. The van der Waals surface area contributed by atoms with Gasteiger partial charge >= 0.3 is 0 Å². The molecule has 0 radical (unpaired) electrons. The number of hydrogen-bond acceptors (Lipinski definition) is 2. The van der Waals surface area contributed by atoms with E-state index in [2.05, 4.69) is 133 Å². The van der Waals surface area contributed by atoms with Crippen LogP contribution in [0.5, 0.6) is 0 Å². The van der Waals surface area contributed by atoms with Crippen LogP contribution in [0.25, 0.3) is 77.9 Å². The van der Waals surface area contributed by atoms with E-state index in [1.54, 1.807) is 0 Å². The molecule has 0 amide bonds. The lowest BCUT2D eigenvalue weighted by Gasteiger charge is -2.11. The molecule has 8 aromatic carbocycles. The Morgan fingerprint density at radius 1 is 0.250 bits per heavy atom. The Labute approximate surface area is 304 Å². The summed E-state index contributed by atoms with van der Waals surface area (Å²) in [5, 5.41) is 19.7. The van der Waals surface area contributed by atoms with Crippen molar-refractivity contribution in [2.75, 3.05) is 0 Å². The number of nitriles is 2. The van der Waals surface area contributed by atoms with Crippen molar-refractivity contribution in [3.8, 4) is 90.0 Å². The molecule has 0 aliphatic heterocycles. The fourth-order valence-electron chi connectivity index (χ4n) is 6.83. The zero-order valence-electron chi connectivity index (χ0n) is 28.4. The normalized spacial score (nSPS) is 10.7. The lowest BCUT2D eigenvalue weighted by Crippen LogP contribution is -1.88. The van der Waals surface area contributed by atoms with E-state index in [1.165, 1.54) is 0 Å². The van der Waals surface area contributed by atoms with E-state index in [4.69, 9.17) is 0 Å². The molecule has 0 atom stereocenters. The lowest BCUT2D eigenvalue weighted by atomic mass is 9.93. The average Bonchev–Trinajstić information content (AvgIpc) is 3.24. The maximum Gasteiger partial charge on any atom is 0.0998 e. The third-order valence-electron chi connectivity index (χ3n) is 9.53. The number of nitrogens with zero attached hydrogens (tertiary/aromatic N) is 2. The largest absolute Gasteiger partial charge is 0.192 e. The molecule has 0 unspecified atom stereocenters. The average molecular weight is 661 g/mol. The molecule has 8 rings (SSSR count). The van der Waals surface area contributed by atoms with Gasteiger partial charge in [-0.2, -0.15) is 10.5 Å². The fraction of sp³-hybridized carbons (Fsp3) is 0. The summed E-state index contributed by atoms with van der Waals surface area (Å²) in [5.41, 5.74) is 16.4. The molecule has 0 heterocycles. The number of benzene rings is 8. The molecular formula is C50H32N2. The van der Waals surface area contributed by atoms with Crippen LogP contribution in [0.15, 0.2) is 194 Å². The first-order chi connectivity index (χ1) is 25.6. The van der Waals surface area contributed by atoms with Gasteiger partial charge in [-0.05, 0) is 120 Å². The van der Waals surface area contributed by atoms with Crippen LogP contribution < -0.4 is 0 Å². The van der Waals surface area contributed by atoms with Crippen molar-refractivity contribution in [3.63, 3.8) is 0 Å². The molecule has 242 valence electrons. The Balaban J connectivity index is 1.05.